The summed E-state index contributed by atoms with van der Waals surface area (Å²) >= 11 is 0. The number of rotatable bonds is 2. The van der Waals surface area contributed by atoms with Gasteiger partial charge in [0.05, 0.1) is 4.90 Å². The second-order valence-electron chi connectivity index (χ2n) is 5.44. The van der Waals surface area contributed by atoms with Crippen molar-refractivity contribution in [3.8, 4) is 5.75 Å². The Labute approximate surface area is 124 Å². The molecule has 0 atom stereocenters. The lowest BCUT2D eigenvalue weighted by Crippen LogP contribution is -2.25. The van der Waals surface area contributed by atoms with Gasteiger partial charge in [0.2, 0.25) is 10.0 Å². The molecule has 4 nitrogen and oxygen atoms in total. The SMILES string of the molecule is Cc1ccc(S(=O)(=O)N2Cc3c(C)ccc(O)c3C2)cc1. The highest BCUT2D eigenvalue weighted by atomic mass is 32.2. The predicted octanol–water partition coefficient (Wildman–Crippen LogP) is 2.71. The first-order valence-electron chi connectivity index (χ1n) is 6.77. The van der Waals surface area contributed by atoms with Crippen LogP contribution >= 0.6 is 0 Å². The number of aromatic hydroxyl groups is 1. The number of benzene rings is 2. The minimum absolute atomic E-state index is 0.164. The average Bonchev–Trinajstić information content (AvgIpc) is 2.91. The van der Waals surface area contributed by atoms with Crippen LogP contribution in [-0.4, -0.2) is 17.8 Å². The normalized spacial score (nSPS) is 15.1. The van der Waals surface area contributed by atoms with Crippen LogP contribution in [0, 0.1) is 13.8 Å². The lowest BCUT2D eigenvalue weighted by atomic mass is 10.0. The molecule has 0 fully saturated rings. The van der Waals surface area contributed by atoms with E-state index < -0.39 is 10.0 Å². The van der Waals surface area contributed by atoms with Gasteiger partial charge in [-0.15, -0.1) is 0 Å². The minimum atomic E-state index is -3.53. The summed E-state index contributed by atoms with van der Waals surface area (Å²) in [5.41, 5.74) is 3.65. The number of nitrogens with zero attached hydrogens (tertiary/aromatic N) is 1. The molecule has 2 aromatic rings. The average molecular weight is 303 g/mol. The fraction of sp³-hybridized carbons (Fsp3) is 0.250. The van der Waals surface area contributed by atoms with Gasteiger partial charge in [0, 0.05) is 18.7 Å². The molecule has 0 bridgehead atoms. The first-order chi connectivity index (χ1) is 9.89. The van der Waals surface area contributed by atoms with E-state index in [0.29, 0.717) is 12.1 Å². The van der Waals surface area contributed by atoms with Crippen LogP contribution in [0.4, 0.5) is 0 Å². The molecule has 3 rings (SSSR count). The van der Waals surface area contributed by atoms with Gasteiger partial charge in [0.15, 0.2) is 0 Å². The van der Waals surface area contributed by atoms with Gasteiger partial charge in [-0.2, -0.15) is 4.31 Å². The van der Waals surface area contributed by atoms with Crippen LogP contribution in [0.2, 0.25) is 0 Å². The van der Waals surface area contributed by atoms with Crippen LogP contribution in [0.1, 0.15) is 22.3 Å². The third-order valence-corrected chi connectivity index (χ3v) is 5.77. The summed E-state index contributed by atoms with van der Waals surface area (Å²) in [4.78, 5) is 0.290. The second kappa shape index (κ2) is 4.86. The van der Waals surface area contributed by atoms with Crippen LogP contribution in [0.15, 0.2) is 41.3 Å². The number of aryl methyl sites for hydroxylation is 2. The van der Waals surface area contributed by atoms with E-state index in [0.717, 1.165) is 16.7 Å². The highest BCUT2D eigenvalue weighted by molar-refractivity contribution is 7.89. The van der Waals surface area contributed by atoms with E-state index in [1.807, 2.05) is 19.9 Å². The van der Waals surface area contributed by atoms with Crippen molar-refractivity contribution in [1.82, 2.24) is 4.31 Å². The zero-order valence-electron chi connectivity index (χ0n) is 12.0. The maximum atomic E-state index is 12.7. The number of sulfonamides is 1. The largest absolute Gasteiger partial charge is 0.508 e. The van der Waals surface area contributed by atoms with Crippen molar-refractivity contribution in [3.05, 3.63) is 58.7 Å². The van der Waals surface area contributed by atoms with E-state index in [-0.39, 0.29) is 17.2 Å². The van der Waals surface area contributed by atoms with Gasteiger partial charge in [-0.25, -0.2) is 8.42 Å². The Kier molecular flexibility index (Phi) is 3.26. The van der Waals surface area contributed by atoms with Gasteiger partial charge in [0.1, 0.15) is 5.75 Å². The summed E-state index contributed by atoms with van der Waals surface area (Å²) in [6.45, 7) is 4.38. The third-order valence-electron chi connectivity index (χ3n) is 3.97. The molecule has 0 saturated heterocycles. The monoisotopic (exact) mass is 303 g/mol. The summed E-state index contributed by atoms with van der Waals surface area (Å²) in [7, 11) is -3.53. The fourth-order valence-corrected chi connectivity index (χ4v) is 4.01. The highest BCUT2D eigenvalue weighted by Crippen LogP contribution is 2.35. The van der Waals surface area contributed by atoms with E-state index >= 15 is 0 Å². The van der Waals surface area contributed by atoms with Gasteiger partial charge < -0.3 is 5.11 Å². The van der Waals surface area contributed by atoms with Crippen LogP contribution in [-0.2, 0) is 23.1 Å². The van der Waals surface area contributed by atoms with Crippen LogP contribution in [0.3, 0.4) is 0 Å². The summed E-state index contributed by atoms with van der Waals surface area (Å²) in [5, 5.41) is 9.92. The van der Waals surface area contributed by atoms with Crippen molar-refractivity contribution in [2.45, 2.75) is 31.8 Å². The molecule has 110 valence electrons. The fourth-order valence-electron chi connectivity index (χ4n) is 2.63. The maximum absolute atomic E-state index is 12.7. The zero-order valence-corrected chi connectivity index (χ0v) is 12.8. The Balaban J connectivity index is 1.99. The number of fused-ring (bicyclic) bond motifs is 1. The van der Waals surface area contributed by atoms with E-state index in [1.165, 1.54) is 4.31 Å². The first-order valence-corrected chi connectivity index (χ1v) is 8.21. The summed E-state index contributed by atoms with van der Waals surface area (Å²) in [6.07, 6.45) is 0. The van der Waals surface area contributed by atoms with E-state index in [4.69, 9.17) is 0 Å². The molecule has 0 spiro atoms. The Morgan fingerprint density at radius 1 is 0.952 bits per heavy atom. The maximum Gasteiger partial charge on any atom is 0.243 e. The van der Waals surface area contributed by atoms with Gasteiger partial charge in [-0.1, -0.05) is 23.8 Å². The number of phenolic OH excluding ortho intramolecular Hbond substituents is 1. The van der Waals surface area contributed by atoms with Crippen molar-refractivity contribution < 1.29 is 13.5 Å². The number of hydrogen-bond donors (Lipinski definition) is 1. The Morgan fingerprint density at radius 2 is 1.57 bits per heavy atom. The minimum Gasteiger partial charge on any atom is -0.508 e. The Morgan fingerprint density at radius 3 is 2.19 bits per heavy atom. The molecule has 0 amide bonds. The Hall–Kier alpha value is -1.85. The summed E-state index contributed by atoms with van der Waals surface area (Å²) in [6, 6.07) is 10.3. The third kappa shape index (κ3) is 2.32. The van der Waals surface area contributed by atoms with Crippen molar-refractivity contribution in [2.75, 3.05) is 0 Å². The van der Waals surface area contributed by atoms with Crippen LogP contribution in [0.5, 0.6) is 5.75 Å². The Bertz CT molecular complexity index is 764. The van der Waals surface area contributed by atoms with E-state index in [1.54, 1.807) is 30.3 Å². The molecule has 2 aromatic carbocycles. The molecule has 5 heteroatoms. The molecule has 1 heterocycles. The number of hydrogen-bond acceptors (Lipinski definition) is 3. The lowest BCUT2D eigenvalue weighted by Gasteiger charge is -2.15. The van der Waals surface area contributed by atoms with Gasteiger partial charge in [-0.05, 0) is 43.2 Å². The lowest BCUT2D eigenvalue weighted by molar-refractivity contribution is 0.422. The standard InChI is InChI=1S/C16H17NO3S/c1-11-3-6-13(7-4-11)21(19,20)17-9-14-12(2)5-8-16(18)15(14)10-17/h3-8,18H,9-10H2,1-2H3. The molecule has 21 heavy (non-hydrogen) atoms. The van der Waals surface area contributed by atoms with Crippen molar-refractivity contribution in [2.24, 2.45) is 0 Å². The van der Waals surface area contributed by atoms with Gasteiger partial charge in [0.25, 0.3) is 0 Å². The van der Waals surface area contributed by atoms with Crippen molar-refractivity contribution in [3.63, 3.8) is 0 Å². The van der Waals surface area contributed by atoms with Crippen molar-refractivity contribution >= 4 is 10.0 Å². The molecule has 0 unspecified atom stereocenters. The summed E-state index contributed by atoms with van der Waals surface area (Å²) < 4.78 is 26.8. The number of phenols is 1. The quantitative estimate of drug-likeness (QED) is 0.928. The molecular weight excluding hydrogens is 286 g/mol. The van der Waals surface area contributed by atoms with Crippen molar-refractivity contribution in [1.29, 1.82) is 0 Å². The van der Waals surface area contributed by atoms with E-state index in [9.17, 15) is 13.5 Å². The zero-order chi connectivity index (χ0) is 15.2. The van der Waals surface area contributed by atoms with Gasteiger partial charge in [-0.3, -0.25) is 0 Å². The smallest absolute Gasteiger partial charge is 0.243 e. The predicted molar refractivity (Wildman–Crippen MR) is 80.5 cm³/mol. The molecule has 0 radical (unpaired) electrons. The van der Waals surface area contributed by atoms with E-state index in [2.05, 4.69) is 0 Å². The summed E-state index contributed by atoms with van der Waals surface area (Å²) in [5.74, 6) is 0.164. The molecule has 1 aliphatic rings. The molecule has 0 saturated carbocycles. The first kappa shape index (κ1) is 14.1. The topological polar surface area (TPSA) is 57.6 Å². The second-order valence-corrected chi connectivity index (χ2v) is 7.38. The molecule has 1 aliphatic heterocycles. The van der Waals surface area contributed by atoms with Gasteiger partial charge >= 0.3 is 0 Å². The molecular formula is C16H17NO3S. The van der Waals surface area contributed by atoms with Crippen LogP contribution in [0.25, 0.3) is 0 Å². The molecule has 0 aromatic heterocycles. The highest BCUT2D eigenvalue weighted by Gasteiger charge is 2.32. The molecule has 0 aliphatic carbocycles. The molecule has 1 N–H and O–H groups in total. The van der Waals surface area contributed by atoms with Crippen LogP contribution < -0.4 is 0 Å².